The SMILES string of the molecule is O=C(NCCCN1CCc2ccccc21)c1cccc(Cl)c1. The zero-order valence-corrected chi connectivity index (χ0v) is 13.1. The molecule has 1 heterocycles. The monoisotopic (exact) mass is 314 g/mol. The Balaban J connectivity index is 1.46. The molecule has 0 aromatic heterocycles. The number of fused-ring (bicyclic) bond motifs is 1. The highest BCUT2D eigenvalue weighted by Crippen LogP contribution is 2.27. The summed E-state index contributed by atoms with van der Waals surface area (Å²) < 4.78 is 0. The lowest BCUT2D eigenvalue weighted by Crippen LogP contribution is -2.29. The van der Waals surface area contributed by atoms with E-state index in [4.69, 9.17) is 11.6 Å². The molecule has 0 aliphatic carbocycles. The Hall–Kier alpha value is -2.00. The van der Waals surface area contributed by atoms with Crippen molar-refractivity contribution in [1.29, 1.82) is 0 Å². The predicted molar refractivity (Wildman–Crippen MR) is 90.8 cm³/mol. The number of hydrogen-bond acceptors (Lipinski definition) is 2. The van der Waals surface area contributed by atoms with E-state index in [1.165, 1.54) is 11.3 Å². The van der Waals surface area contributed by atoms with Crippen LogP contribution < -0.4 is 10.2 Å². The summed E-state index contributed by atoms with van der Waals surface area (Å²) in [6, 6.07) is 15.6. The van der Waals surface area contributed by atoms with E-state index in [2.05, 4.69) is 34.5 Å². The number of para-hydroxylation sites is 1. The maximum atomic E-state index is 12.0. The molecule has 1 amide bonds. The second kappa shape index (κ2) is 6.84. The minimum atomic E-state index is -0.0654. The number of nitrogens with one attached hydrogen (secondary N) is 1. The molecule has 2 aromatic rings. The number of carbonyl (C=O) groups is 1. The number of rotatable bonds is 5. The zero-order chi connectivity index (χ0) is 15.4. The molecule has 0 spiro atoms. The van der Waals surface area contributed by atoms with E-state index in [9.17, 15) is 4.79 Å². The Morgan fingerprint density at radius 1 is 1.18 bits per heavy atom. The second-order valence-corrected chi connectivity index (χ2v) is 5.92. The van der Waals surface area contributed by atoms with Crippen LogP contribution in [0.4, 0.5) is 5.69 Å². The van der Waals surface area contributed by atoms with Crippen molar-refractivity contribution in [3.05, 3.63) is 64.7 Å². The average molecular weight is 315 g/mol. The third-order valence-electron chi connectivity index (χ3n) is 3.96. The Kier molecular flexibility index (Phi) is 4.64. The van der Waals surface area contributed by atoms with Crippen LogP contribution in [0.2, 0.25) is 5.02 Å². The first-order valence-corrected chi connectivity index (χ1v) is 7.98. The number of halogens is 1. The van der Waals surface area contributed by atoms with Crippen molar-refractivity contribution in [3.63, 3.8) is 0 Å². The van der Waals surface area contributed by atoms with E-state index >= 15 is 0 Å². The highest BCUT2D eigenvalue weighted by molar-refractivity contribution is 6.30. The van der Waals surface area contributed by atoms with Crippen molar-refractivity contribution in [2.24, 2.45) is 0 Å². The molecule has 4 heteroatoms. The number of benzene rings is 2. The summed E-state index contributed by atoms with van der Waals surface area (Å²) in [5.74, 6) is -0.0654. The molecule has 3 nitrogen and oxygen atoms in total. The van der Waals surface area contributed by atoms with Crippen molar-refractivity contribution in [2.45, 2.75) is 12.8 Å². The highest BCUT2D eigenvalue weighted by atomic mass is 35.5. The number of amides is 1. The zero-order valence-electron chi connectivity index (χ0n) is 12.4. The first kappa shape index (κ1) is 14.9. The van der Waals surface area contributed by atoms with Crippen LogP contribution in [0.1, 0.15) is 22.3 Å². The molecule has 0 saturated carbocycles. The van der Waals surface area contributed by atoms with Crippen molar-refractivity contribution in [3.8, 4) is 0 Å². The van der Waals surface area contributed by atoms with E-state index in [0.29, 0.717) is 17.1 Å². The van der Waals surface area contributed by atoms with E-state index in [-0.39, 0.29) is 5.91 Å². The van der Waals surface area contributed by atoms with Gasteiger partial charge < -0.3 is 10.2 Å². The van der Waals surface area contributed by atoms with Gasteiger partial charge >= 0.3 is 0 Å². The van der Waals surface area contributed by atoms with Gasteiger partial charge in [-0.25, -0.2) is 0 Å². The average Bonchev–Trinajstić information content (AvgIpc) is 2.95. The molecule has 0 atom stereocenters. The smallest absolute Gasteiger partial charge is 0.251 e. The number of nitrogens with zero attached hydrogens (tertiary/aromatic N) is 1. The maximum Gasteiger partial charge on any atom is 0.251 e. The third-order valence-corrected chi connectivity index (χ3v) is 4.20. The van der Waals surface area contributed by atoms with Crippen LogP contribution in [-0.2, 0) is 6.42 Å². The molecule has 22 heavy (non-hydrogen) atoms. The Labute approximate surface area is 135 Å². The molecule has 1 N–H and O–H groups in total. The summed E-state index contributed by atoms with van der Waals surface area (Å²) in [4.78, 5) is 14.4. The highest BCUT2D eigenvalue weighted by Gasteiger charge is 2.17. The first-order chi connectivity index (χ1) is 10.7. The van der Waals surface area contributed by atoms with Crippen molar-refractivity contribution in [1.82, 2.24) is 5.32 Å². The normalized spacial score (nSPS) is 13.0. The molecule has 1 aliphatic rings. The molecule has 0 radical (unpaired) electrons. The molecule has 1 aliphatic heterocycles. The van der Waals surface area contributed by atoms with Gasteiger partial charge in [0.25, 0.3) is 5.91 Å². The minimum absolute atomic E-state index is 0.0654. The van der Waals surface area contributed by atoms with Gasteiger partial charge in [-0.2, -0.15) is 0 Å². The molecule has 0 unspecified atom stereocenters. The number of anilines is 1. The summed E-state index contributed by atoms with van der Waals surface area (Å²) in [6.07, 6.45) is 2.05. The first-order valence-electron chi connectivity index (χ1n) is 7.60. The van der Waals surface area contributed by atoms with Crippen LogP contribution in [0, 0.1) is 0 Å². The Morgan fingerprint density at radius 3 is 2.91 bits per heavy atom. The standard InChI is InChI=1S/C18H19ClN2O/c19-16-7-3-6-15(13-16)18(22)20-10-4-11-21-12-9-14-5-1-2-8-17(14)21/h1-3,5-8,13H,4,9-12H2,(H,20,22). The molecular weight excluding hydrogens is 296 g/mol. The van der Waals surface area contributed by atoms with E-state index < -0.39 is 0 Å². The summed E-state index contributed by atoms with van der Waals surface area (Å²) in [7, 11) is 0. The van der Waals surface area contributed by atoms with Crippen LogP contribution >= 0.6 is 11.6 Å². The van der Waals surface area contributed by atoms with Crippen LogP contribution in [0.3, 0.4) is 0 Å². The van der Waals surface area contributed by atoms with Gasteiger partial charge in [-0.3, -0.25) is 4.79 Å². The van der Waals surface area contributed by atoms with Crippen molar-refractivity contribution < 1.29 is 4.79 Å². The van der Waals surface area contributed by atoms with Crippen molar-refractivity contribution >= 4 is 23.2 Å². The van der Waals surface area contributed by atoms with Crippen molar-refractivity contribution in [2.75, 3.05) is 24.5 Å². The van der Waals surface area contributed by atoms with Crippen LogP contribution in [0.5, 0.6) is 0 Å². The van der Waals surface area contributed by atoms with Crippen LogP contribution in [0.15, 0.2) is 48.5 Å². The number of carbonyl (C=O) groups excluding carboxylic acids is 1. The Bertz CT molecular complexity index is 672. The quantitative estimate of drug-likeness (QED) is 0.856. The summed E-state index contributed by atoms with van der Waals surface area (Å²) >= 11 is 5.90. The van der Waals surface area contributed by atoms with E-state index in [1.54, 1.807) is 24.3 Å². The molecule has 0 bridgehead atoms. The lowest BCUT2D eigenvalue weighted by Gasteiger charge is -2.19. The predicted octanol–water partition coefficient (Wildman–Crippen LogP) is 3.52. The lowest BCUT2D eigenvalue weighted by molar-refractivity contribution is 0.0953. The van der Waals surface area contributed by atoms with E-state index in [1.807, 2.05) is 0 Å². The lowest BCUT2D eigenvalue weighted by atomic mass is 10.2. The molecule has 0 saturated heterocycles. The van der Waals surface area contributed by atoms with Gasteiger partial charge in [0.2, 0.25) is 0 Å². The van der Waals surface area contributed by atoms with E-state index in [0.717, 1.165) is 25.9 Å². The fraction of sp³-hybridized carbons (Fsp3) is 0.278. The topological polar surface area (TPSA) is 32.3 Å². The second-order valence-electron chi connectivity index (χ2n) is 5.49. The maximum absolute atomic E-state index is 12.0. The molecular formula is C18H19ClN2O. The van der Waals surface area contributed by atoms with Crippen LogP contribution in [0.25, 0.3) is 0 Å². The van der Waals surface area contributed by atoms with Gasteiger partial charge in [-0.15, -0.1) is 0 Å². The fourth-order valence-corrected chi connectivity index (χ4v) is 3.03. The van der Waals surface area contributed by atoms with Gasteiger partial charge in [-0.1, -0.05) is 35.9 Å². The number of hydrogen-bond donors (Lipinski definition) is 1. The fourth-order valence-electron chi connectivity index (χ4n) is 2.84. The van der Waals surface area contributed by atoms with Crippen LogP contribution in [-0.4, -0.2) is 25.5 Å². The van der Waals surface area contributed by atoms with Gasteiger partial charge in [0.1, 0.15) is 0 Å². The van der Waals surface area contributed by atoms with Gasteiger partial charge in [-0.05, 0) is 42.7 Å². The largest absolute Gasteiger partial charge is 0.371 e. The van der Waals surface area contributed by atoms with Gasteiger partial charge in [0.15, 0.2) is 0 Å². The van der Waals surface area contributed by atoms with Gasteiger partial charge in [0, 0.05) is 35.9 Å². The molecule has 3 rings (SSSR count). The van der Waals surface area contributed by atoms with Gasteiger partial charge in [0.05, 0.1) is 0 Å². The summed E-state index contributed by atoms with van der Waals surface area (Å²) in [5.41, 5.74) is 3.37. The third kappa shape index (κ3) is 3.42. The molecule has 2 aromatic carbocycles. The molecule has 114 valence electrons. The summed E-state index contributed by atoms with van der Waals surface area (Å²) in [5, 5.41) is 3.53. The minimum Gasteiger partial charge on any atom is -0.371 e. The Morgan fingerprint density at radius 2 is 2.05 bits per heavy atom. The summed E-state index contributed by atoms with van der Waals surface area (Å²) in [6.45, 7) is 2.71. The molecule has 0 fully saturated rings.